The van der Waals surface area contributed by atoms with Gasteiger partial charge in [-0.15, -0.1) is 11.3 Å². The largest absolute Gasteiger partial charge is 0.493 e. The number of aromatic nitrogens is 2. The molecule has 1 aromatic carbocycles. The second-order valence-corrected chi connectivity index (χ2v) is 11.2. The van der Waals surface area contributed by atoms with Crippen molar-refractivity contribution in [3.05, 3.63) is 53.2 Å². The van der Waals surface area contributed by atoms with Crippen molar-refractivity contribution in [3.8, 4) is 17.0 Å². The van der Waals surface area contributed by atoms with Gasteiger partial charge in [-0.25, -0.2) is 9.78 Å². The minimum Gasteiger partial charge on any atom is -0.493 e. The number of pyridine rings is 1. The summed E-state index contributed by atoms with van der Waals surface area (Å²) in [6.45, 7) is 7.95. The maximum Gasteiger partial charge on any atom is 0.420 e. The highest BCUT2D eigenvalue weighted by molar-refractivity contribution is 7.14. The highest BCUT2D eigenvalue weighted by Gasteiger charge is 2.35. The molecule has 7 nitrogen and oxygen atoms in total. The van der Waals surface area contributed by atoms with Gasteiger partial charge in [-0.1, -0.05) is 39.0 Å². The molecular formula is C29H37F3N4O3S. The molecule has 0 radical (unpaired) electrons. The van der Waals surface area contributed by atoms with E-state index in [9.17, 15) is 18.0 Å². The Balaban J connectivity index is 1.58. The summed E-state index contributed by atoms with van der Waals surface area (Å²) < 4.78 is 52.0. The Kier molecular flexibility index (Phi) is 11.2. The van der Waals surface area contributed by atoms with Crippen LogP contribution in [0.5, 0.6) is 5.75 Å². The normalized spacial score (nSPS) is 11.8. The van der Waals surface area contributed by atoms with Gasteiger partial charge in [0.2, 0.25) is 0 Å². The molecule has 2 N–H and O–H groups in total. The lowest BCUT2D eigenvalue weighted by atomic mass is 10.1. The smallest absolute Gasteiger partial charge is 0.420 e. The molecule has 40 heavy (non-hydrogen) atoms. The Bertz CT molecular complexity index is 1220. The first kappa shape index (κ1) is 31.2. The Labute approximate surface area is 237 Å². The number of unbranched alkanes of at least 4 members (excludes halogenated alkanes) is 5. The van der Waals surface area contributed by atoms with Crippen LogP contribution in [0.1, 0.15) is 77.5 Å². The van der Waals surface area contributed by atoms with E-state index in [-0.39, 0.29) is 24.6 Å². The number of nitrogens with one attached hydrogen (secondary N) is 2. The van der Waals surface area contributed by atoms with Crippen LogP contribution in [0.15, 0.2) is 41.9 Å². The van der Waals surface area contributed by atoms with E-state index in [1.807, 2.05) is 6.07 Å². The van der Waals surface area contributed by atoms with Gasteiger partial charge in [0.15, 0.2) is 5.13 Å². The van der Waals surface area contributed by atoms with E-state index >= 15 is 0 Å². The number of alkyl halides is 3. The Morgan fingerprint density at radius 2 is 1.77 bits per heavy atom. The molecule has 218 valence electrons. The van der Waals surface area contributed by atoms with Crippen LogP contribution in [-0.4, -0.2) is 28.3 Å². The summed E-state index contributed by atoms with van der Waals surface area (Å²) in [5.41, 5.74) is 0.861. The van der Waals surface area contributed by atoms with Crippen LogP contribution in [0.3, 0.4) is 0 Å². The molecule has 0 fully saturated rings. The predicted octanol–water partition coefficient (Wildman–Crippen LogP) is 8.73. The van der Waals surface area contributed by atoms with E-state index < -0.39 is 23.4 Å². The number of hydrogen-bond acceptors (Lipinski definition) is 7. The zero-order chi connectivity index (χ0) is 29.2. The molecular weight excluding hydrogens is 541 g/mol. The fourth-order valence-electron chi connectivity index (χ4n) is 3.76. The van der Waals surface area contributed by atoms with Gasteiger partial charge < -0.3 is 20.1 Å². The number of thiazole rings is 1. The summed E-state index contributed by atoms with van der Waals surface area (Å²) in [6.07, 6.45) is 2.73. The van der Waals surface area contributed by atoms with Crippen molar-refractivity contribution in [2.45, 2.75) is 84.5 Å². The third-order valence-corrected chi connectivity index (χ3v) is 6.49. The number of rotatable bonds is 13. The van der Waals surface area contributed by atoms with Crippen molar-refractivity contribution in [2.75, 3.05) is 11.9 Å². The number of alkyl carbamates (subject to hydrolysis) is 1. The molecule has 11 heteroatoms. The van der Waals surface area contributed by atoms with E-state index in [2.05, 4.69) is 27.5 Å². The van der Waals surface area contributed by atoms with E-state index in [4.69, 9.17) is 9.47 Å². The molecule has 0 saturated carbocycles. The number of hydrogen-bond donors (Lipinski definition) is 2. The molecule has 3 rings (SSSR count). The second kappa shape index (κ2) is 14.3. The fourth-order valence-corrected chi connectivity index (χ4v) is 4.50. The van der Waals surface area contributed by atoms with Crippen LogP contribution in [0.4, 0.5) is 28.8 Å². The Hall–Kier alpha value is -3.34. The molecule has 0 spiro atoms. The lowest BCUT2D eigenvalue weighted by molar-refractivity contribution is -0.138. The van der Waals surface area contributed by atoms with Crippen molar-refractivity contribution < 1.29 is 27.4 Å². The summed E-state index contributed by atoms with van der Waals surface area (Å²) in [7, 11) is 0. The van der Waals surface area contributed by atoms with Gasteiger partial charge in [0.1, 0.15) is 11.4 Å². The molecule has 0 aliphatic heterocycles. The average molecular weight is 579 g/mol. The third-order valence-electron chi connectivity index (χ3n) is 5.73. The van der Waals surface area contributed by atoms with Crippen molar-refractivity contribution in [1.82, 2.24) is 15.3 Å². The predicted molar refractivity (Wildman–Crippen MR) is 152 cm³/mol. The number of halogens is 3. The number of nitrogens with zero attached hydrogens (tertiary/aromatic N) is 2. The van der Waals surface area contributed by atoms with Crippen LogP contribution in [0, 0.1) is 0 Å². The summed E-state index contributed by atoms with van der Waals surface area (Å²) in [6, 6.07) is 7.53. The van der Waals surface area contributed by atoms with E-state index in [0.29, 0.717) is 16.5 Å². The van der Waals surface area contributed by atoms with E-state index in [1.165, 1.54) is 23.8 Å². The summed E-state index contributed by atoms with van der Waals surface area (Å²) in [4.78, 5) is 20.7. The van der Waals surface area contributed by atoms with Gasteiger partial charge in [-0.3, -0.25) is 4.98 Å². The zero-order valence-corrected chi connectivity index (χ0v) is 24.2. The maximum absolute atomic E-state index is 13.8. The standard InChI is InChI=1S/C29H37F3N4O3S/c1-5-6-7-8-9-10-15-38-25-14-13-21(16-23(25)29(30,31)32)35-26-36-24(19-40-26)20-11-12-22(33-17-20)18-34-27(37)39-28(2,3)4/h11-14,16-17,19H,5-10,15,18H2,1-4H3,(H,34,37)(H,35,36). The average Bonchev–Trinajstić information content (AvgIpc) is 3.35. The minimum atomic E-state index is -4.55. The molecule has 2 heterocycles. The first-order valence-corrected chi connectivity index (χ1v) is 14.3. The van der Waals surface area contributed by atoms with E-state index in [0.717, 1.165) is 43.7 Å². The third kappa shape index (κ3) is 10.3. The van der Waals surface area contributed by atoms with E-state index in [1.54, 1.807) is 44.5 Å². The Morgan fingerprint density at radius 1 is 1.02 bits per heavy atom. The van der Waals surface area contributed by atoms with Gasteiger partial charge >= 0.3 is 12.3 Å². The molecule has 0 bridgehead atoms. The number of carbonyl (C=O) groups excluding carboxylic acids is 1. The minimum absolute atomic E-state index is 0.168. The number of amides is 1. The van der Waals surface area contributed by atoms with Crippen molar-refractivity contribution in [2.24, 2.45) is 0 Å². The summed E-state index contributed by atoms with van der Waals surface area (Å²) in [5, 5.41) is 7.85. The zero-order valence-electron chi connectivity index (χ0n) is 23.4. The van der Waals surface area contributed by atoms with Gasteiger partial charge in [0.25, 0.3) is 0 Å². The molecule has 0 unspecified atom stereocenters. The molecule has 0 aliphatic carbocycles. The van der Waals surface area contributed by atoms with Gasteiger partial charge in [-0.05, 0) is 57.5 Å². The lowest BCUT2D eigenvalue weighted by Crippen LogP contribution is -2.32. The quantitative estimate of drug-likeness (QED) is 0.197. The van der Waals surface area contributed by atoms with Crippen LogP contribution in [-0.2, 0) is 17.5 Å². The van der Waals surface area contributed by atoms with Crippen LogP contribution in [0.25, 0.3) is 11.3 Å². The van der Waals surface area contributed by atoms with Gasteiger partial charge in [0, 0.05) is 22.8 Å². The van der Waals surface area contributed by atoms with Crippen LogP contribution in [0.2, 0.25) is 0 Å². The van der Waals surface area contributed by atoms with Gasteiger partial charge in [0.05, 0.1) is 30.1 Å². The highest BCUT2D eigenvalue weighted by atomic mass is 32.1. The molecule has 2 aromatic heterocycles. The molecule has 0 saturated heterocycles. The SMILES string of the molecule is CCCCCCCCOc1ccc(Nc2nc(-c3ccc(CNC(=O)OC(C)(C)C)nc3)cs2)cc1C(F)(F)F. The summed E-state index contributed by atoms with van der Waals surface area (Å²) in [5.74, 6) is -0.168. The van der Waals surface area contributed by atoms with Crippen LogP contribution < -0.4 is 15.4 Å². The number of benzene rings is 1. The van der Waals surface area contributed by atoms with Crippen molar-refractivity contribution >= 4 is 28.2 Å². The highest BCUT2D eigenvalue weighted by Crippen LogP contribution is 2.39. The lowest BCUT2D eigenvalue weighted by Gasteiger charge is -2.19. The first-order valence-electron chi connectivity index (χ1n) is 13.4. The van der Waals surface area contributed by atoms with Gasteiger partial charge in [-0.2, -0.15) is 13.2 Å². The monoisotopic (exact) mass is 578 g/mol. The number of anilines is 2. The maximum atomic E-state index is 13.8. The molecule has 0 atom stereocenters. The molecule has 0 aliphatic rings. The fraction of sp³-hybridized carbons (Fsp3) is 0.483. The second-order valence-electron chi connectivity index (χ2n) is 10.4. The molecule has 1 amide bonds. The number of carbonyl (C=O) groups is 1. The van der Waals surface area contributed by atoms with Crippen LogP contribution >= 0.6 is 11.3 Å². The first-order chi connectivity index (χ1) is 18.9. The van der Waals surface area contributed by atoms with Crippen molar-refractivity contribution in [3.63, 3.8) is 0 Å². The van der Waals surface area contributed by atoms with Crippen molar-refractivity contribution in [1.29, 1.82) is 0 Å². The summed E-state index contributed by atoms with van der Waals surface area (Å²) >= 11 is 1.27. The Morgan fingerprint density at radius 3 is 2.45 bits per heavy atom. The number of ether oxygens (including phenoxy) is 2. The topological polar surface area (TPSA) is 85.4 Å². The molecule has 3 aromatic rings.